The van der Waals surface area contributed by atoms with Gasteiger partial charge in [0.05, 0.1) is 6.61 Å². The Bertz CT molecular complexity index is 321. The summed E-state index contributed by atoms with van der Waals surface area (Å²) in [5, 5.41) is 3.37. The third-order valence-corrected chi connectivity index (χ3v) is 3.28. The maximum absolute atomic E-state index is 5.67. The highest BCUT2D eigenvalue weighted by molar-refractivity contribution is 9.10. The second kappa shape index (κ2) is 4.01. The van der Waals surface area contributed by atoms with Gasteiger partial charge in [0.1, 0.15) is 5.72 Å². The van der Waals surface area contributed by atoms with Crippen molar-refractivity contribution in [2.75, 3.05) is 13.2 Å². The van der Waals surface area contributed by atoms with Gasteiger partial charge in [-0.15, -0.1) is 0 Å². The molecule has 0 aliphatic carbocycles. The van der Waals surface area contributed by atoms with Crippen molar-refractivity contribution >= 4 is 15.9 Å². The molecule has 0 spiro atoms. The van der Waals surface area contributed by atoms with Crippen LogP contribution in [0.1, 0.15) is 12.5 Å². The molecular formula is C11H14BrNO. The Morgan fingerprint density at radius 2 is 2.29 bits per heavy atom. The topological polar surface area (TPSA) is 21.3 Å². The lowest BCUT2D eigenvalue weighted by atomic mass is 10.0. The fourth-order valence-corrected chi connectivity index (χ4v) is 2.19. The summed E-state index contributed by atoms with van der Waals surface area (Å²) < 4.78 is 6.82. The number of nitrogens with one attached hydrogen (secondary N) is 1. The van der Waals surface area contributed by atoms with Crippen LogP contribution in [0.25, 0.3) is 0 Å². The summed E-state index contributed by atoms with van der Waals surface area (Å²) >= 11 is 3.54. The molecule has 1 heterocycles. The fraction of sp³-hybridized carbons (Fsp3) is 0.455. The van der Waals surface area contributed by atoms with Gasteiger partial charge in [0.2, 0.25) is 0 Å². The van der Waals surface area contributed by atoms with Gasteiger partial charge in [-0.25, -0.2) is 0 Å². The van der Waals surface area contributed by atoms with Crippen molar-refractivity contribution in [2.24, 2.45) is 0 Å². The molecule has 1 unspecified atom stereocenters. The molecule has 0 amide bonds. The van der Waals surface area contributed by atoms with Crippen LogP contribution in [0, 0.1) is 0 Å². The molecule has 1 saturated heterocycles. The van der Waals surface area contributed by atoms with Crippen molar-refractivity contribution in [3.05, 3.63) is 34.3 Å². The normalized spacial score (nSPS) is 26.7. The van der Waals surface area contributed by atoms with Gasteiger partial charge in [-0.2, -0.15) is 0 Å². The number of benzene rings is 1. The van der Waals surface area contributed by atoms with E-state index in [2.05, 4.69) is 46.4 Å². The molecule has 1 aliphatic rings. The molecule has 1 fully saturated rings. The number of rotatable bonds is 2. The van der Waals surface area contributed by atoms with Gasteiger partial charge < -0.3 is 4.74 Å². The molecule has 2 nitrogen and oxygen atoms in total. The predicted octanol–water partition coefficient (Wildman–Crippen LogP) is 2.33. The Morgan fingerprint density at radius 1 is 1.50 bits per heavy atom. The van der Waals surface area contributed by atoms with E-state index in [1.165, 1.54) is 5.56 Å². The Morgan fingerprint density at radius 3 is 2.93 bits per heavy atom. The lowest BCUT2D eigenvalue weighted by molar-refractivity contribution is 0.00689. The van der Waals surface area contributed by atoms with Crippen molar-refractivity contribution in [1.82, 2.24) is 5.32 Å². The lowest BCUT2D eigenvalue weighted by Gasteiger charge is -2.24. The van der Waals surface area contributed by atoms with E-state index < -0.39 is 0 Å². The quantitative estimate of drug-likeness (QED) is 0.876. The molecule has 0 aromatic heterocycles. The van der Waals surface area contributed by atoms with Gasteiger partial charge in [0.15, 0.2) is 0 Å². The Labute approximate surface area is 92.8 Å². The minimum absolute atomic E-state index is 0.191. The summed E-state index contributed by atoms with van der Waals surface area (Å²) in [5.74, 6) is 0. The van der Waals surface area contributed by atoms with Gasteiger partial charge in [0.25, 0.3) is 0 Å². The summed E-state index contributed by atoms with van der Waals surface area (Å²) in [7, 11) is 0. The SMILES string of the molecule is CC1(Cc2ccccc2Br)NCCO1. The Hall–Kier alpha value is -0.380. The molecule has 0 bridgehead atoms. The Balaban J connectivity index is 2.14. The van der Waals surface area contributed by atoms with Gasteiger partial charge in [-0.3, -0.25) is 5.32 Å². The van der Waals surface area contributed by atoms with Gasteiger partial charge in [0, 0.05) is 17.4 Å². The third-order valence-electron chi connectivity index (χ3n) is 2.51. The van der Waals surface area contributed by atoms with Crippen LogP contribution >= 0.6 is 15.9 Å². The van der Waals surface area contributed by atoms with E-state index in [1.807, 2.05) is 6.07 Å². The highest BCUT2D eigenvalue weighted by Crippen LogP contribution is 2.23. The molecule has 1 aromatic rings. The highest BCUT2D eigenvalue weighted by Gasteiger charge is 2.29. The smallest absolute Gasteiger partial charge is 0.120 e. The molecule has 1 N–H and O–H groups in total. The zero-order valence-electron chi connectivity index (χ0n) is 8.22. The van der Waals surface area contributed by atoms with Gasteiger partial charge in [-0.05, 0) is 18.6 Å². The van der Waals surface area contributed by atoms with E-state index in [1.54, 1.807) is 0 Å². The van der Waals surface area contributed by atoms with Crippen LogP contribution in [-0.4, -0.2) is 18.9 Å². The maximum atomic E-state index is 5.67. The average Bonchev–Trinajstić information content (AvgIpc) is 2.57. The van der Waals surface area contributed by atoms with E-state index >= 15 is 0 Å². The largest absolute Gasteiger partial charge is 0.359 e. The van der Waals surface area contributed by atoms with Crippen molar-refractivity contribution in [2.45, 2.75) is 19.1 Å². The van der Waals surface area contributed by atoms with Crippen molar-refractivity contribution < 1.29 is 4.74 Å². The van der Waals surface area contributed by atoms with Crippen LogP contribution in [0.4, 0.5) is 0 Å². The number of hydrogen-bond acceptors (Lipinski definition) is 2. The van der Waals surface area contributed by atoms with Crippen molar-refractivity contribution in [1.29, 1.82) is 0 Å². The number of ether oxygens (including phenoxy) is 1. The molecular weight excluding hydrogens is 242 g/mol. The van der Waals surface area contributed by atoms with E-state index in [9.17, 15) is 0 Å². The summed E-state index contributed by atoms with van der Waals surface area (Å²) in [5.41, 5.74) is 1.09. The summed E-state index contributed by atoms with van der Waals surface area (Å²) in [6.07, 6.45) is 0.897. The molecule has 76 valence electrons. The second-order valence-corrected chi connectivity index (χ2v) is 4.63. The molecule has 1 atom stereocenters. The van der Waals surface area contributed by atoms with E-state index in [-0.39, 0.29) is 5.72 Å². The third kappa shape index (κ3) is 2.16. The van der Waals surface area contributed by atoms with Gasteiger partial charge in [-0.1, -0.05) is 34.1 Å². The molecule has 1 aliphatic heterocycles. The fourth-order valence-electron chi connectivity index (χ4n) is 1.76. The van der Waals surface area contributed by atoms with Gasteiger partial charge >= 0.3 is 0 Å². The zero-order chi connectivity index (χ0) is 10.0. The molecule has 3 heteroatoms. The number of halogens is 1. The first-order valence-electron chi connectivity index (χ1n) is 4.82. The Kier molecular flexibility index (Phi) is 2.91. The first-order chi connectivity index (χ1) is 6.70. The number of hydrogen-bond donors (Lipinski definition) is 1. The highest BCUT2D eigenvalue weighted by atomic mass is 79.9. The molecule has 1 aromatic carbocycles. The lowest BCUT2D eigenvalue weighted by Crippen LogP contribution is -2.39. The van der Waals surface area contributed by atoms with Crippen LogP contribution in [0.2, 0.25) is 0 Å². The first kappa shape index (κ1) is 10.1. The van der Waals surface area contributed by atoms with Crippen LogP contribution in [0.3, 0.4) is 0 Å². The second-order valence-electron chi connectivity index (χ2n) is 3.77. The van der Waals surface area contributed by atoms with E-state index in [4.69, 9.17) is 4.74 Å². The first-order valence-corrected chi connectivity index (χ1v) is 5.61. The minimum Gasteiger partial charge on any atom is -0.359 e. The van der Waals surface area contributed by atoms with Crippen LogP contribution < -0.4 is 5.32 Å². The van der Waals surface area contributed by atoms with Crippen LogP contribution in [-0.2, 0) is 11.2 Å². The molecule has 0 radical (unpaired) electrons. The van der Waals surface area contributed by atoms with Crippen molar-refractivity contribution in [3.8, 4) is 0 Å². The van der Waals surface area contributed by atoms with Crippen LogP contribution in [0.15, 0.2) is 28.7 Å². The van der Waals surface area contributed by atoms with Crippen LogP contribution in [0.5, 0.6) is 0 Å². The van der Waals surface area contributed by atoms with Crippen molar-refractivity contribution in [3.63, 3.8) is 0 Å². The monoisotopic (exact) mass is 255 g/mol. The van der Waals surface area contributed by atoms with E-state index in [0.29, 0.717) is 0 Å². The molecule has 2 rings (SSSR count). The van der Waals surface area contributed by atoms with E-state index in [0.717, 1.165) is 24.0 Å². The summed E-state index contributed by atoms with van der Waals surface area (Å²) in [6.45, 7) is 3.85. The predicted molar refractivity (Wildman–Crippen MR) is 60.2 cm³/mol. The molecule has 0 saturated carbocycles. The summed E-state index contributed by atoms with van der Waals surface area (Å²) in [6, 6.07) is 8.27. The zero-order valence-corrected chi connectivity index (χ0v) is 9.80. The molecule has 14 heavy (non-hydrogen) atoms. The standard InChI is InChI=1S/C11H14BrNO/c1-11(13-6-7-14-11)8-9-4-2-3-5-10(9)12/h2-5,13H,6-8H2,1H3. The summed E-state index contributed by atoms with van der Waals surface area (Å²) in [4.78, 5) is 0. The maximum Gasteiger partial charge on any atom is 0.120 e. The average molecular weight is 256 g/mol. The minimum atomic E-state index is -0.191.